The molecule has 98 valence electrons. The number of rotatable bonds is 6. The Hall–Kier alpha value is -1.79. The summed E-state index contributed by atoms with van der Waals surface area (Å²) >= 11 is 0. The molecule has 0 bridgehead atoms. The van der Waals surface area contributed by atoms with Gasteiger partial charge in [-0.15, -0.1) is 0 Å². The molecule has 0 heterocycles. The van der Waals surface area contributed by atoms with Crippen molar-refractivity contribution in [2.75, 3.05) is 13.1 Å². The number of hydrogen-bond acceptors (Lipinski definition) is 3. The van der Waals surface area contributed by atoms with Crippen molar-refractivity contribution in [3.05, 3.63) is 0 Å². The third-order valence-corrected chi connectivity index (χ3v) is 2.08. The Morgan fingerprint density at radius 3 is 2.24 bits per heavy atom. The molecule has 4 N–H and O–H groups in total. The van der Waals surface area contributed by atoms with Gasteiger partial charge in [-0.25, -0.2) is 4.79 Å². The zero-order chi connectivity index (χ0) is 13.4. The number of likely N-dealkylation sites (N-methyl/N-ethyl adjacent to an activating group) is 1. The van der Waals surface area contributed by atoms with Crippen LogP contribution in [0.15, 0.2) is 0 Å². The molecule has 0 fully saturated rings. The quantitative estimate of drug-likeness (QED) is 0.507. The Balaban J connectivity index is 3.93. The van der Waals surface area contributed by atoms with Crippen molar-refractivity contribution in [1.82, 2.24) is 16.0 Å². The zero-order valence-electron chi connectivity index (χ0n) is 10.2. The maximum Gasteiger partial charge on any atom is 0.315 e. The predicted molar refractivity (Wildman–Crippen MR) is 61.5 cm³/mol. The van der Waals surface area contributed by atoms with E-state index >= 15 is 0 Å². The van der Waals surface area contributed by atoms with Crippen LogP contribution in [0.4, 0.5) is 4.79 Å². The van der Waals surface area contributed by atoms with Gasteiger partial charge in [0.2, 0.25) is 5.91 Å². The second-order valence-electron chi connectivity index (χ2n) is 3.71. The Bertz CT molecular complexity index is 293. The second-order valence-corrected chi connectivity index (χ2v) is 3.71. The van der Waals surface area contributed by atoms with Crippen LogP contribution in [0, 0.1) is 5.92 Å². The highest BCUT2D eigenvalue weighted by Crippen LogP contribution is 1.91. The molecule has 0 aromatic heterocycles. The SMILES string of the molecule is CCNC(=O)C(C)NC(=O)NCC(C)C(=O)O. The number of nitrogens with one attached hydrogen (secondary N) is 3. The summed E-state index contributed by atoms with van der Waals surface area (Å²) in [6.07, 6.45) is 0. The standard InChI is InChI=1S/C10H19N3O4/c1-4-11-8(14)7(3)13-10(17)12-5-6(2)9(15)16/h6-7H,4-5H2,1-3H3,(H,11,14)(H,15,16)(H2,12,13,17). The monoisotopic (exact) mass is 245 g/mol. The van der Waals surface area contributed by atoms with Gasteiger partial charge in [-0.05, 0) is 13.8 Å². The number of amides is 3. The first-order valence-electron chi connectivity index (χ1n) is 5.43. The van der Waals surface area contributed by atoms with E-state index in [-0.39, 0.29) is 12.5 Å². The molecule has 7 nitrogen and oxygen atoms in total. The van der Waals surface area contributed by atoms with Gasteiger partial charge in [0.05, 0.1) is 5.92 Å². The molecule has 0 aliphatic heterocycles. The molecule has 0 saturated heterocycles. The van der Waals surface area contributed by atoms with Gasteiger partial charge in [-0.1, -0.05) is 6.92 Å². The molecule has 0 aliphatic rings. The minimum absolute atomic E-state index is 0.0171. The molecule has 0 saturated carbocycles. The maximum absolute atomic E-state index is 11.3. The summed E-state index contributed by atoms with van der Waals surface area (Å²) in [5, 5.41) is 15.9. The van der Waals surface area contributed by atoms with E-state index in [1.165, 1.54) is 6.92 Å². The van der Waals surface area contributed by atoms with Crippen molar-refractivity contribution in [3.8, 4) is 0 Å². The molecular formula is C10H19N3O4. The van der Waals surface area contributed by atoms with E-state index in [2.05, 4.69) is 16.0 Å². The first-order chi connectivity index (χ1) is 7.88. The first-order valence-corrected chi connectivity index (χ1v) is 5.43. The number of carboxylic acids is 1. The topological polar surface area (TPSA) is 108 Å². The van der Waals surface area contributed by atoms with Gasteiger partial charge in [0.25, 0.3) is 0 Å². The number of aliphatic carboxylic acids is 1. The van der Waals surface area contributed by atoms with Crippen LogP contribution in [0.1, 0.15) is 20.8 Å². The highest BCUT2D eigenvalue weighted by Gasteiger charge is 2.16. The van der Waals surface area contributed by atoms with Crippen molar-refractivity contribution < 1.29 is 19.5 Å². The molecule has 3 amide bonds. The average molecular weight is 245 g/mol. The highest BCUT2D eigenvalue weighted by atomic mass is 16.4. The summed E-state index contributed by atoms with van der Waals surface area (Å²) in [6.45, 7) is 5.31. The molecule has 0 spiro atoms. The Labute approximate surface area is 100.0 Å². The molecule has 0 aromatic rings. The van der Waals surface area contributed by atoms with E-state index in [1.54, 1.807) is 13.8 Å². The van der Waals surface area contributed by atoms with Crippen LogP contribution in [0.2, 0.25) is 0 Å². The Morgan fingerprint density at radius 1 is 1.18 bits per heavy atom. The van der Waals surface area contributed by atoms with Gasteiger partial charge in [-0.2, -0.15) is 0 Å². The lowest BCUT2D eigenvalue weighted by atomic mass is 10.2. The predicted octanol–water partition coefficient (Wildman–Crippen LogP) is -0.469. The fourth-order valence-corrected chi connectivity index (χ4v) is 0.974. The maximum atomic E-state index is 11.3. The molecule has 0 rings (SSSR count). The summed E-state index contributed by atoms with van der Waals surface area (Å²) in [7, 11) is 0. The molecule has 7 heteroatoms. The first kappa shape index (κ1) is 15.2. The minimum atomic E-state index is -0.984. The molecular weight excluding hydrogens is 226 g/mol. The normalized spacial score (nSPS) is 13.4. The number of carboxylic acid groups (broad SMARTS) is 1. The summed E-state index contributed by atoms with van der Waals surface area (Å²) in [6, 6.07) is -1.22. The van der Waals surface area contributed by atoms with E-state index in [4.69, 9.17) is 5.11 Å². The van der Waals surface area contributed by atoms with Gasteiger partial charge in [-0.3, -0.25) is 9.59 Å². The number of carbonyl (C=O) groups excluding carboxylic acids is 2. The molecule has 0 aliphatic carbocycles. The molecule has 2 atom stereocenters. The highest BCUT2D eigenvalue weighted by molar-refractivity contribution is 5.86. The van der Waals surface area contributed by atoms with E-state index in [9.17, 15) is 14.4 Å². The average Bonchev–Trinajstić information content (AvgIpc) is 2.25. The van der Waals surface area contributed by atoms with E-state index in [0.29, 0.717) is 6.54 Å². The Morgan fingerprint density at radius 2 is 1.76 bits per heavy atom. The smallest absolute Gasteiger partial charge is 0.315 e. The van der Waals surface area contributed by atoms with Crippen LogP contribution in [-0.2, 0) is 9.59 Å². The number of carbonyl (C=O) groups is 3. The lowest BCUT2D eigenvalue weighted by molar-refractivity contribution is -0.140. The van der Waals surface area contributed by atoms with E-state index in [0.717, 1.165) is 0 Å². The van der Waals surface area contributed by atoms with Gasteiger partial charge in [0.15, 0.2) is 0 Å². The second kappa shape index (κ2) is 7.48. The van der Waals surface area contributed by atoms with E-state index in [1.807, 2.05) is 0 Å². The van der Waals surface area contributed by atoms with Crippen molar-refractivity contribution in [3.63, 3.8) is 0 Å². The van der Waals surface area contributed by atoms with Crippen LogP contribution < -0.4 is 16.0 Å². The fourth-order valence-electron chi connectivity index (χ4n) is 0.974. The molecule has 17 heavy (non-hydrogen) atoms. The summed E-state index contributed by atoms with van der Waals surface area (Å²) in [4.78, 5) is 33.1. The molecule has 0 radical (unpaired) electrons. The third kappa shape index (κ3) is 6.39. The van der Waals surface area contributed by atoms with Gasteiger partial charge < -0.3 is 21.1 Å². The number of urea groups is 1. The van der Waals surface area contributed by atoms with Crippen molar-refractivity contribution in [2.24, 2.45) is 5.92 Å². The van der Waals surface area contributed by atoms with Crippen molar-refractivity contribution in [1.29, 1.82) is 0 Å². The van der Waals surface area contributed by atoms with Crippen molar-refractivity contribution >= 4 is 17.9 Å². The summed E-state index contributed by atoms with van der Waals surface area (Å²) < 4.78 is 0. The largest absolute Gasteiger partial charge is 0.481 e. The van der Waals surface area contributed by atoms with E-state index < -0.39 is 24.0 Å². The molecule has 0 aromatic carbocycles. The van der Waals surface area contributed by atoms with Crippen LogP contribution in [0.3, 0.4) is 0 Å². The molecule has 2 unspecified atom stereocenters. The third-order valence-electron chi connectivity index (χ3n) is 2.08. The van der Waals surface area contributed by atoms with Gasteiger partial charge in [0, 0.05) is 13.1 Å². The van der Waals surface area contributed by atoms with Gasteiger partial charge in [0.1, 0.15) is 6.04 Å². The number of hydrogen-bond donors (Lipinski definition) is 4. The zero-order valence-corrected chi connectivity index (χ0v) is 10.2. The summed E-state index contributed by atoms with van der Waals surface area (Å²) in [5.74, 6) is -1.93. The van der Waals surface area contributed by atoms with Gasteiger partial charge >= 0.3 is 12.0 Å². The fraction of sp³-hybridized carbons (Fsp3) is 0.700. The minimum Gasteiger partial charge on any atom is -0.481 e. The van der Waals surface area contributed by atoms with Crippen LogP contribution in [0.5, 0.6) is 0 Å². The lowest BCUT2D eigenvalue weighted by Crippen LogP contribution is -2.49. The van der Waals surface area contributed by atoms with Crippen molar-refractivity contribution in [2.45, 2.75) is 26.8 Å². The van der Waals surface area contributed by atoms with Crippen LogP contribution in [-0.4, -0.2) is 42.1 Å². The Kier molecular flexibility index (Phi) is 6.69. The van der Waals surface area contributed by atoms with Crippen LogP contribution in [0.25, 0.3) is 0 Å². The summed E-state index contributed by atoms with van der Waals surface area (Å²) in [5.41, 5.74) is 0. The van der Waals surface area contributed by atoms with Crippen LogP contribution >= 0.6 is 0 Å². The lowest BCUT2D eigenvalue weighted by Gasteiger charge is -2.14.